The maximum atomic E-state index is 14.4. The molecule has 142 valence electrons. The Balaban J connectivity index is 1.68. The van der Waals surface area contributed by atoms with Crippen LogP contribution in [0.5, 0.6) is 0 Å². The molecule has 1 aromatic rings. The first-order chi connectivity index (χ1) is 12.2. The molecule has 5 nitrogen and oxygen atoms in total. The molecule has 1 saturated heterocycles. The second-order valence-electron chi connectivity index (χ2n) is 8.24. The Morgan fingerprint density at radius 2 is 1.96 bits per heavy atom. The van der Waals surface area contributed by atoms with Gasteiger partial charge in [0.1, 0.15) is 18.4 Å². The number of ether oxygens (including phenoxy) is 2. The maximum Gasteiger partial charge on any atom is 0.410 e. The summed E-state index contributed by atoms with van der Waals surface area (Å²) < 4.78 is 25.3. The molecule has 1 heterocycles. The maximum absolute atomic E-state index is 14.4. The molecule has 0 aromatic heterocycles. The number of esters is 1. The van der Waals surface area contributed by atoms with E-state index in [2.05, 4.69) is 0 Å². The Labute approximate surface area is 153 Å². The van der Waals surface area contributed by atoms with Gasteiger partial charge >= 0.3 is 12.1 Å². The van der Waals surface area contributed by atoms with Crippen molar-refractivity contribution < 1.29 is 23.5 Å². The average molecular weight is 363 g/mol. The minimum atomic E-state index is -1.10. The first kappa shape index (κ1) is 18.7. The number of halogens is 1. The Morgan fingerprint density at radius 3 is 2.62 bits per heavy atom. The Hall–Kier alpha value is -2.11. The molecule has 1 aliphatic heterocycles. The third kappa shape index (κ3) is 3.69. The van der Waals surface area contributed by atoms with Crippen molar-refractivity contribution in [3.05, 3.63) is 35.9 Å². The third-order valence-electron chi connectivity index (χ3n) is 5.17. The van der Waals surface area contributed by atoms with Crippen molar-refractivity contribution in [3.8, 4) is 0 Å². The molecule has 1 aromatic carbocycles. The molecule has 0 N–H and O–H groups in total. The zero-order chi connectivity index (χ0) is 18.9. The van der Waals surface area contributed by atoms with E-state index in [1.165, 1.54) is 4.90 Å². The highest BCUT2D eigenvalue weighted by Crippen LogP contribution is 2.51. The van der Waals surface area contributed by atoms with E-state index >= 15 is 0 Å². The van der Waals surface area contributed by atoms with Crippen LogP contribution < -0.4 is 0 Å². The zero-order valence-electron chi connectivity index (χ0n) is 15.5. The van der Waals surface area contributed by atoms with Crippen LogP contribution >= 0.6 is 0 Å². The lowest BCUT2D eigenvalue weighted by atomic mass is 9.80. The second-order valence-corrected chi connectivity index (χ2v) is 8.24. The summed E-state index contributed by atoms with van der Waals surface area (Å²) in [5.41, 5.74) is -0.727. The number of benzene rings is 1. The van der Waals surface area contributed by atoms with Crippen LogP contribution in [0.1, 0.15) is 39.2 Å². The Bertz CT molecular complexity index is 672. The van der Waals surface area contributed by atoms with E-state index in [1.54, 1.807) is 20.8 Å². The van der Waals surface area contributed by atoms with Gasteiger partial charge in [-0.25, -0.2) is 9.18 Å². The molecule has 1 aliphatic carbocycles. The number of amides is 1. The summed E-state index contributed by atoms with van der Waals surface area (Å²) in [4.78, 5) is 26.7. The Morgan fingerprint density at radius 1 is 1.27 bits per heavy atom. The van der Waals surface area contributed by atoms with E-state index in [0.29, 0.717) is 12.8 Å². The molecule has 3 atom stereocenters. The number of hydrogen-bond donors (Lipinski definition) is 0. The van der Waals surface area contributed by atoms with Gasteiger partial charge in [0.2, 0.25) is 0 Å². The van der Waals surface area contributed by atoms with E-state index in [4.69, 9.17) is 9.47 Å². The van der Waals surface area contributed by atoms with Crippen molar-refractivity contribution in [1.29, 1.82) is 0 Å². The van der Waals surface area contributed by atoms with Crippen LogP contribution in [0.25, 0.3) is 0 Å². The average Bonchev–Trinajstić information content (AvgIpc) is 3.11. The van der Waals surface area contributed by atoms with Crippen molar-refractivity contribution in [2.75, 3.05) is 13.1 Å². The molecule has 2 aliphatic rings. The van der Waals surface area contributed by atoms with Crippen LogP contribution in [0.3, 0.4) is 0 Å². The zero-order valence-corrected chi connectivity index (χ0v) is 15.5. The van der Waals surface area contributed by atoms with E-state index in [1.807, 2.05) is 30.3 Å². The van der Waals surface area contributed by atoms with Gasteiger partial charge in [0.05, 0.1) is 5.41 Å². The molecule has 0 unspecified atom stereocenters. The number of carbonyl (C=O) groups excluding carboxylic acids is 2. The molecule has 0 radical (unpaired) electrons. The smallest absolute Gasteiger partial charge is 0.410 e. The SMILES string of the molecule is CC(C)(C)OC(=O)[C@@]12CC[C@@H](F)[C@@H]1CN(C(=O)OCc1ccccc1)C2. The number of hydrogen-bond acceptors (Lipinski definition) is 4. The summed E-state index contributed by atoms with van der Waals surface area (Å²) >= 11 is 0. The number of likely N-dealkylation sites (tertiary alicyclic amines) is 1. The largest absolute Gasteiger partial charge is 0.459 e. The number of rotatable bonds is 3. The summed E-state index contributed by atoms with van der Waals surface area (Å²) in [6.45, 7) is 5.87. The number of nitrogens with zero attached hydrogens (tertiary/aromatic N) is 1. The summed E-state index contributed by atoms with van der Waals surface area (Å²) in [6, 6.07) is 9.36. The molecular weight excluding hydrogens is 337 g/mol. The first-order valence-electron chi connectivity index (χ1n) is 9.04. The monoisotopic (exact) mass is 363 g/mol. The van der Waals surface area contributed by atoms with Crippen molar-refractivity contribution in [2.24, 2.45) is 11.3 Å². The van der Waals surface area contributed by atoms with E-state index < -0.39 is 35.2 Å². The Kier molecular flexibility index (Phi) is 4.95. The van der Waals surface area contributed by atoms with Crippen LogP contribution in [0.2, 0.25) is 0 Å². The predicted octanol–water partition coefficient (Wildman–Crippen LogP) is 3.72. The molecule has 1 amide bonds. The van der Waals surface area contributed by atoms with Crippen LogP contribution in [-0.4, -0.2) is 41.8 Å². The lowest BCUT2D eigenvalue weighted by Gasteiger charge is -2.30. The van der Waals surface area contributed by atoms with Gasteiger partial charge in [-0.15, -0.1) is 0 Å². The van der Waals surface area contributed by atoms with Crippen molar-refractivity contribution in [1.82, 2.24) is 4.90 Å². The first-order valence-corrected chi connectivity index (χ1v) is 9.04. The molecule has 0 spiro atoms. The lowest BCUT2D eigenvalue weighted by Crippen LogP contribution is -2.42. The van der Waals surface area contributed by atoms with Gasteiger partial charge in [-0.2, -0.15) is 0 Å². The van der Waals surface area contributed by atoms with Gasteiger partial charge < -0.3 is 14.4 Å². The molecule has 3 rings (SSSR count). The van der Waals surface area contributed by atoms with Crippen LogP contribution in [0, 0.1) is 11.3 Å². The predicted molar refractivity (Wildman–Crippen MR) is 94.1 cm³/mol. The topological polar surface area (TPSA) is 55.8 Å². The molecule has 6 heteroatoms. The third-order valence-corrected chi connectivity index (χ3v) is 5.17. The van der Waals surface area contributed by atoms with Crippen LogP contribution in [0.15, 0.2) is 30.3 Å². The molecular formula is C20H26FNO4. The normalized spacial score (nSPS) is 27.9. The standard InChI is InChI=1S/C20H26FNO4/c1-19(2,3)26-17(23)20-10-9-16(21)15(20)11-22(13-20)18(24)25-12-14-7-5-4-6-8-14/h4-8,15-16H,9-13H2,1-3H3/t15-,16+,20+/m0/s1. The minimum Gasteiger partial charge on any atom is -0.459 e. The lowest BCUT2D eigenvalue weighted by molar-refractivity contribution is -0.168. The highest BCUT2D eigenvalue weighted by molar-refractivity contribution is 5.81. The van der Waals surface area contributed by atoms with Crippen LogP contribution in [-0.2, 0) is 20.9 Å². The van der Waals surface area contributed by atoms with E-state index in [9.17, 15) is 14.0 Å². The van der Waals surface area contributed by atoms with Crippen molar-refractivity contribution >= 4 is 12.1 Å². The van der Waals surface area contributed by atoms with Gasteiger partial charge in [-0.3, -0.25) is 4.79 Å². The second kappa shape index (κ2) is 6.89. The van der Waals surface area contributed by atoms with Gasteiger partial charge in [0.15, 0.2) is 0 Å². The summed E-state index contributed by atoms with van der Waals surface area (Å²) in [5.74, 6) is -0.935. The molecule has 1 saturated carbocycles. The summed E-state index contributed by atoms with van der Waals surface area (Å²) in [6.07, 6.45) is -0.889. The van der Waals surface area contributed by atoms with Gasteiger partial charge in [0.25, 0.3) is 0 Å². The number of alkyl halides is 1. The van der Waals surface area contributed by atoms with Gasteiger partial charge in [-0.1, -0.05) is 30.3 Å². The van der Waals surface area contributed by atoms with Crippen molar-refractivity contribution in [2.45, 2.75) is 52.0 Å². The fourth-order valence-corrected chi connectivity index (χ4v) is 3.90. The van der Waals surface area contributed by atoms with E-state index in [-0.39, 0.29) is 19.7 Å². The number of carbonyl (C=O) groups is 2. The quantitative estimate of drug-likeness (QED) is 0.768. The van der Waals surface area contributed by atoms with Crippen molar-refractivity contribution in [3.63, 3.8) is 0 Å². The highest BCUT2D eigenvalue weighted by Gasteiger charge is 2.61. The minimum absolute atomic E-state index is 0.152. The molecule has 2 fully saturated rings. The van der Waals surface area contributed by atoms with E-state index in [0.717, 1.165) is 5.56 Å². The molecule has 0 bridgehead atoms. The summed E-state index contributed by atoms with van der Waals surface area (Å²) in [7, 11) is 0. The van der Waals surface area contributed by atoms with Crippen LogP contribution in [0.4, 0.5) is 9.18 Å². The fraction of sp³-hybridized carbons (Fsp3) is 0.600. The van der Waals surface area contributed by atoms with Gasteiger partial charge in [0, 0.05) is 19.0 Å². The number of fused-ring (bicyclic) bond motifs is 1. The summed E-state index contributed by atoms with van der Waals surface area (Å²) in [5, 5.41) is 0. The fourth-order valence-electron chi connectivity index (χ4n) is 3.90. The highest BCUT2D eigenvalue weighted by atomic mass is 19.1. The molecule has 26 heavy (non-hydrogen) atoms. The van der Waals surface area contributed by atoms with Gasteiger partial charge in [-0.05, 0) is 39.2 Å².